The van der Waals surface area contributed by atoms with Crippen LogP contribution in [0, 0.1) is 17.2 Å². The molecule has 0 saturated heterocycles. The van der Waals surface area contributed by atoms with Crippen LogP contribution in [0.5, 0.6) is 0 Å². The Balaban J connectivity index is 2.34. The quantitative estimate of drug-likeness (QED) is 0.782. The summed E-state index contributed by atoms with van der Waals surface area (Å²) in [5.41, 5.74) is 1.78. The molecule has 1 heterocycles. The van der Waals surface area contributed by atoms with Gasteiger partial charge < -0.3 is 4.74 Å². The van der Waals surface area contributed by atoms with Crippen LogP contribution in [-0.2, 0) is 22.5 Å². The summed E-state index contributed by atoms with van der Waals surface area (Å²) in [6, 6.07) is 9.83. The number of para-hydroxylation sites is 1. The minimum Gasteiger partial charge on any atom is -0.465 e. The SMILES string of the molecule is CCOC(=O)C(C#N)Cc1nn(CC)c2ccccc12. The van der Waals surface area contributed by atoms with Gasteiger partial charge in [0.1, 0.15) is 5.92 Å². The molecule has 0 bridgehead atoms. The van der Waals surface area contributed by atoms with E-state index in [0.717, 1.165) is 23.1 Å². The molecule has 0 aliphatic carbocycles. The molecular weight excluding hydrogens is 254 g/mol. The highest BCUT2D eigenvalue weighted by molar-refractivity contribution is 5.83. The van der Waals surface area contributed by atoms with E-state index >= 15 is 0 Å². The lowest BCUT2D eigenvalue weighted by atomic mass is 10.0. The fourth-order valence-corrected chi connectivity index (χ4v) is 2.21. The van der Waals surface area contributed by atoms with Gasteiger partial charge in [-0.3, -0.25) is 9.48 Å². The molecule has 2 rings (SSSR count). The third-order valence-electron chi connectivity index (χ3n) is 3.16. The minimum absolute atomic E-state index is 0.279. The maximum atomic E-state index is 11.7. The molecule has 2 aromatic rings. The zero-order valence-corrected chi connectivity index (χ0v) is 11.7. The van der Waals surface area contributed by atoms with Crippen molar-refractivity contribution in [3.63, 3.8) is 0 Å². The second-order valence-electron chi connectivity index (χ2n) is 4.42. The van der Waals surface area contributed by atoms with E-state index in [-0.39, 0.29) is 13.0 Å². The predicted molar refractivity (Wildman–Crippen MR) is 74.8 cm³/mol. The number of carbonyl (C=O) groups excluding carboxylic acids is 1. The molecular formula is C15H17N3O2. The Morgan fingerprint density at radius 3 is 2.85 bits per heavy atom. The van der Waals surface area contributed by atoms with Crippen molar-refractivity contribution >= 4 is 16.9 Å². The summed E-state index contributed by atoms with van der Waals surface area (Å²) in [5.74, 6) is -1.29. The van der Waals surface area contributed by atoms with Crippen molar-refractivity contribution in [2.75, 3.05) is 6.61 Å². The fraction of sp³-hybridized carbons (Fsp3) is 0.400. The van der Waals surface area contributed by atoms with E-state index in [1.165, 1.54) is 0 Å². The number of benzene rings is 1. The van der Waals surface area contributed by atoms with E-state index in [2.05, 4.69) is 5.10 Å². The Labute approximate surface area is 117 Å². The van der Waals surface area contributed by atoms with Gasteiger partial charge in [0.15, 0.2) is 0 Å². The molecule has 104 valence electrons. The van der Waals surface area contributed by atoms with E-state index in [4.69, 9.17) is 10.00 Å². The van der Waals surface area contributed by atoms with Gasteiger partial charge in [-0.1, -0.05) is 18.2 Å². The van der Waals surface area contributed by atoms with Crippen molar-refractivity contribution < 1.29 is 9.53 Å². The lowest BCUT2D eigenvalue weighted by molar-refractivity contribution is -0.145. The number of aryl methyl sites for hydroxylation is 1. The summed E-state index contributed by atoms with van der Waals surface area (Å²) in [6.45, 7) is 4.77. The summed E-state index contributed by atoms with van der Waals surface area (Å²) < 4.78 is 6.80. The van der Waals surface area contributed by atoms with Gasteiger partial charge in [0, 0.05) is 18.4 Å². The van der Waals surface area contributed by atoms with E-state index in [1.54, 1.807) is 6.92 Å². The molecule has 1 aromatic carbocycles. The minimum atomic E-state index is -0.807. The Bertz CT molecular complexity index is 655. The number of esters is 1. The van der Waals surface area contributed by atoms with Crippen LogP contribution in [0.1, 0.15) is 19.5 Å². The number of aromatic nitrogens is 2. The third-order valence-corrected chi connectivity index (χ3v) is 3.16. The highest BCUT2D eigenvalue weighted by Crippen LogP contribution is 2.21. The van der Waals surface area contributed by atoms with Crippen molar-refractivity contribution in [3.8, 4) is 6.07 Å². The highest BCUT2D eigenvalue weighted by Gasteiger charge is 2.22. The van der Waals surface area contributed by atoms with Crippen molar-refractivity contribution in [1.82, 2.24) is 9.78 Å². The smallest absolute Gasteiger partial charge is 0.323 e. The molecule has 0 spiro atoms. The van der Waals surface area contributed by atoms with Gasteiger partial charge in [0.05, 0.1) is 23.9 Å². The number of fused-ring (bicyclic) bond motifs is 1. The number of hydrogen-bond donors (Lipinski definition) is 0. The zero-order valence-electron chi connectivity index (χ0n) is 11.7. The topological polar surface area (TPSA) is 67.9 Å². The first-order valence-corrected chi connectivity index (χ1v) is 6.71. The summed E-state index contributed by atoms with van der Waals surface area (Å²) in [6.07, 6.45) is 0.281. The second kappa shape index (κ2) is 6.20. The van der Waals surface area contributed by atoms with Gasteiger partial charge in [-0.2, -0.15) is 10.4 Å². The average Bonchev–Trinajstić information content (AvgIpc) is 2.83. The number of nitrogens with zero attached hydrogens (tertiary/aromatic N) is 3. The Hall–Kier alpha value is -2.35. The monoisotopic (exact) mass is 271 g/mol. The van der Waals surface area contributed by atoms with Crippen LogP contribution in [0.25, 0.3) is 10.9 Å². The molecule has 0 aliphatic rings. The van der Waals surface area contributed by atoms with Crippen LogP contribution in [0.4, 0.5) is 0 Å². The number of ether oxygens (including phenoxy) is 1. The number of rotatable bonds is 5. The lowest BCUT2D eigenvalue weighted by Gasteiger charge is -2.06. The first-order chi connectivity index (χ1) is 9.71. The van der Waals surface area contributed by atoms with E-state index in [9.17, 15) is 4.79 Å². The van der Waals surface area contributed by atoms with Gasteiger partial charge in [-0.25, -0.2) is 0 Å². The Morgan fingerprint density at radius 1 is 1.45 bits per heavy atom. The van der Waals surface area contributed by atoms with Crippen molar-refractivity contribution in [3.05, 3.63) is 30.0 Å². The van der Waals surface area contributed by atoms with Crippen LogP contribution in [0.3, 0.4) is 0 Å². The molecule has 1 atom stereocenters. The van der Waals surface area contributed by atoms with E-state index in [0.29, 0.717) is 0 Å². The van der Waals surface area contributed by atoms with Crippen LogP contribution in [-0.4, -0.2) is 22.4 Å². The first-order valence-electron chi connectivity index (χ1n) is 6.71. The first kappa shape index (κ1) is 14.1. The van der Waals surface area contributed by atoms with Crippen LogP contribution < -0.4 is 0 Å². The molecule has 0 radical (unpaired) electrons. The van der Waals surface area contributed by atoms with Gasteiger partial charge >= 0.3 is 5.97 Å². The summed E-state index contributed by atoms with van der Waals surface area (Å²) in [4.78, 5) is 11.7. The summed E-state index contributed by atoms with van der Waals surface area (Å²) in [5, 5.41) is 14.6. The zero-order chi connectivity index (χ0) is 14.5. The lowest BCUT2D eigenvalue weighted by Crippen LogP contribution is -2.18. The maximum absolute atomic E-state index is 11.7. The molecule has 0 amide bonds. The molecule has 5 nitrogen and oxygen atoms in total. The fourth-order valence-electron chi connectivity index (χ4n) is 2.21. The van der Waals surface area contributed by atoms with Gasteiger partial charge in [0.25, 0.3) is 0 Å². The van der Waals surface area contributed by atoms with E-state index < -0.39 is 11.9 Å². The molecule has 0 fully saturated rings. The summed E-state index contributed by atoms with van der Waals surface area (Å²) in [7, 11) is 0. The average molecular weight is 271 g/mol. The van der Waals surface area contributed by atoms with Crippen LogP contribution >= 0.6 is 0 Å². The van der Waals surface area contributed by atoms with E-state index in [1.807, 2.05) is 41.9 Å². The van der Waals surface area contributed by atoms with Crippen LogP contribution in [0.15, 0.2) is 24.3 Å². The molecule has 1 unspecified atom stereocenters. The summed E-state index contributed by atoms with van der Waals surface area (Å²) >= 11 is 0. The molecule has 5 heteroatoms. The highest BCUT2D eigenvalue weighted by atomic mass is 16.5. The molecule has 20 heavy (non-hydrogen) atoms. The normalized spacial score (nSPS) is 12.1. The van der Waals surface area contributed by atoms with Crippen LogP contribution in [0.2, 0.25) is 0 Å². The molecule has 0 saturated carbocycles. The van der Waals surface area contributed by atoms with Gasteiger partial charge in [-0.05, 0) is 19.9 Å². The Morgan fingerprint density at radius 2 is 2.20 bits per heavy atom. The van der Waals surface area contributed by atoms with Crippen molar-refractivity contribution in [2.45, 2.75) is 26.8 Å². The maximum Gasteiger partial charge on any atom is 0.323 e. The van der Waals surface area contributed by atoms with Gasteiger partial charge in [-0.15, -0.1) is 0 Å². The van der Waals surface area contributed by atoms with Crippen molar-refractivity contribution in [1.29, 1.82) is 5.26 Å². The van der Waals surface area contributed by atoms with Gasteiger partial charge in [0.2, 0.25) is 0 Å². The number of hydrogen-bond acceptors (Lipinski definition) is 4. The number of carbonyl (C=O) groups is 1. The molecule has 1 aromatic heterocycles. The standard InChI is InChI=1S/C15H17N3O2/c1-3-18-14-8-6-5-7-12(14)13(17-18)9-11(10-16)15(19)20-4-2/h5-8,11H,3-4,9H2,1-2H3. The van der Waals surface area contributed by atoms with Crippen molar-refractivity contribution in [2.24, 2.45) is 5.92 Å². The largest absolute Gasteiger partial charge is 0.465 e. The Kier molecular flexibility index (Phi) is 4.36. The third kappa shape index (κ3) is 2.64. The number of nitriles is 1. The second-order valence-corrected chi connectivity index (χ2v) is 4.42. The molecule has 0 aliphatic heterocycles. The molecule has 0 N–H and O–H groups in total. The predicted octanol–water partition coefficient (Wildman–Crippen LogP) is 2.30.